The van der Waals surface area contributed by atoms with Gasteiger partial charge in [-0.25, -0.2) is 0 Å². The summed E-state index contributed by atoms with van der Waals surface area (Å²) in [6.45, 7) is 2.00. The lowest BCUT2D eigenvalue weighted by Crippen LogP contribution is -1.93. The van der Waals surface area contributed by atoms with Crippen LogP contribution in [0.5, 0.6) is 5.75 Å². The first-order valence-electron chi connectivity index (χ1n) is 5.08. The van der Waals surface area contributed by atoms with Crippen molar-refractivity contribution in [3.8, 4) is 17.0 Å². The van der Waals surface area contributed by atoms with Gasteiger partial charge in [-0.15, -0.1) is 0 Å². The van der Waals surface area contributed by atoms with Crippen LogP contribution in [-0.2, 0) is 0 Å². The predicted octanol–water partition coefficient (Wildman–Crippen LogP) is 2.65. The fourth-order valence-corrected chi connectivity index (χ4v) is 1.68. The molecule has 0 aliphatic rings. The number of aryl methyl sites for hydroxylation is 1. The van der Waals surface area contributed by atoms with Crippen LogP contribution in [0.4, 0.5) is 5.69 Å². The number of benzene rings is 1. The second kappa shape index (κ2) is 4.23. The highest BCUT2D eigenvalue weighted by Gasteiger charge is 2.05. The Morgan fingerprint density at radius 3 is 2.69 bits per heavy atom. The molecule has 0 radical (unpaired) electrons. The number of rotatable bonds is 2. The summed E-state index contributed by atoms with van der Waals surface area (Å²) in [5, 5.41) is 0. The van der Waals surface area contributed by atoms with Gasteiger partial charge < -0.3 is 10.5 Å². The largest absolute Gasteiger partial charge is 0.496 e. The monoisotopic (exact) mass is 214 g/mol. The Morgan fingerprint density at radius 2 is 2.06 bits per heavy atom. The molecule has 2 rings (SSSR count). The third kappa shape index (κ3) is 1.84. The SMILES string of the molecule is COc1ccc(-c2ncccc2N)cc1C. The van der Waals surface area contributed by atoms with E-state index in [1.54, 1.807) is 13.3 Å². The van der Waals surface area contributed by atoms with Crippen molar-refractivity contribution in [2.24, 2.45) is 0 Å². The fraction of sp³-hybridized carbons (Fsp3) is 0.154. The maximum absolute atomic E-state index is 5.88. The minimum Gasteiger partial charge on any atom is -0.496 e. The molecule has 0 unspecified atom stereocenters. The van der Waals surface area contributed by atoms with E-state index in [2.05, 4.69) is 4.98 Å². The highest BCUT2D eigenvalue weighted by atomic mass is 16.5. The smallest absolute Gasteiger partial charge is 0.121 e. The van der Waals surface area contributed by atoms with Gasteiger partial charge in [0.25, 0.3) is 0 Å². The van der Waals surface area contributed by atoms with Gasteiger partial charge in [0.05, 0.1) is 18.5 Å². The van der Waals surface area contributed by atoms with Gasteiger partial charge in [-0.1, -0.05) is 0 Å². The lowest BCUT2D eigenvalue weighted by Gasteiger charge is -2.08. The van der Waals surface area contributed by atoms with Crippen LogP contribution in [0.15, 0.2) is 36.5 Å². The van der Waals surface area contributed by atoms with Gasteiger partial charge >= 0.3 is 0 Å². The number of anilines is 1. The number of hydrogen-bond acceptors (Lipinski definition) is 3. The zero-order chi connectivity index (χ0) is 11.5. The summed E-state index contributed by atoms with van der Waals surface area (Å²) in [5.74, 6) is 0.873. The van der Waals surface area contributed by atoms with Gasteiger partial charge in [0.15, 0.2) is 0 Å². The van der Waals surface area contributed by atoms with Crippen molar-refractivity contribution in [3.63, 3.8) is 0 Å². The molecule has 0 atom stereocenters. The molecular formula is C13H14N2O. The highest BCUT2D eigenvalue weighted by molar-refractivity contribution is 5.73. The second-order valence-corrected chi connectivity index (χ2v) is 3.63. The summed E-state index contributed by atoms with van der Waals surface area (Å²) in [7, 11) is 1.66. The Hall–Kier alpha value is -2.03. The molecule has 0 amide bonds. The zero-order valence-electron chi connectivity index (χ0n) is 9.40. The van der Waals surface area contributed by atoms with Crippen molar-refractivity contribution >= 4 is 5.69 Å². The first kappa shape index (κ1) is 10.5. The normalized spacial score (nSPS) is 10.1. The second-order valence-electron chi connectivity index (χ2n) is 3.63. The Labute approximate surface area is 94.9 Å². The predicted molar refractivity (Wildman–Crippen MR) is 65.4 cm³/mol. The Morgan fingerprint density at radius 1 is 1.25 bits per heavy atom. The molecule has 0 spiro atoms. The number of nitrogens with two attached hydrogens (primary N) is 1. The maximum Gasteiger partial charge on any atom is 0.121 e. The summed E-state index contributed by atoms with van der Waals surface area (Å²) in [5.41, 5.74) is 9.46. The summed E-state index contributed by atoms with van der Waals surface area (Å²) in [6.07, 6.45) is 1.74. The molecule has 1 aromatic carbocycles. The topological polar surface area (TPSA) is 48.1 Å². The van der Waals surface area contributed by atoms with Crippen molar-refractivity contribution in [2.45, 2.75) is 6.92 Å². The van der Waals surface area contributed by atoms with Crippen LogP contribution >= 0.6 is 0 Å². The third-order valence-corrected chi connectivity index (χ3v) is 2.51. The summed E-state index contributed by atoms with van der Waals surface area (Å²) < 4.78 is 5.21. The number of pyridine rings is 1. The van der Waals surface area contributed by atoms with Crippen molar-refractivity contribution in [2.75, 3.05) is 12.8 Å². The Balaban J connectivity index is 2.50. The fourth-order valence-electron chi connectivity index (χ4n) is 1.68. The van der Waals surface area contributed by atoms with E-state index in [1.807, 2.05) is 37.3 Å². The van der Waals surface area contributed by atoms with Crippen LogP contribution < -0.4 is 10.5 Å². The van der Waals surface area contributed by atoms with E-state index in [4.69, 9.17) is 10.5 Å². The molecule has 0 bridgehead atoms. The van der Waals surface area contributed by atoms with Crippen LogP contribution in [0, 0.1) is 6.92 Å². The molecule has 1 aromatic heterocycles. The maximum atomic E-state index is 5.88. The van der Waals surface area contributed by atoms with E-state index < -0.39 is 0 Å². The molecule has 0 aliphatic heterocycles. The average Bonchev–Trinajstić information content (AvgIpc) is 2.29. The first-order valence-corrected chi connectivity index (χ1v) is 5.08. The first-order chi connectivity index (χ1) is 7.72. The number of methoxy groups -OCH3 is 1. The molecule has 0 fully saturated rings. The lowest BCUT2D eigenvalue weighted by atomic mass is 10.1. The van der Waals surface area contributed by atoms with Crippen molar-refractivity contribution in [3.05, 3.63) is 42.1 Å². The Kier molecular flexibility index (Phi) is 2.77. The van der Waals surface area contributed by atoms with Crippen molar-refractivity contribution in [1.82, 2.24) is 4.98 Å². The van der Waals surface area contributed by atoms with E-state index >= 15 is 0 Å². The van der Waals surface area contributed by atoms with Gasteiger partial charge in [0, 0.05) is 11.8 Å². The molecule has 3 heteroatoms. The molecule has 0 aliphatic carbocycles. The van der Waals surface area contributed by atoms with Gasteiger partial charge in [-0.05, 0) is 42.8 Å². The quantitative estimate of drug-likeness (QED) is 0.836. The summed E-state index contributed by atoms with van der Waals surface area (Å²) in [6, 6.07) is 9.60. The van der Waals surface area contributed by atoms with Gasteiger partial charge in [-0.2, -0.15) is 0 Å². The van der Waals surface area contributed by atoms with Gasteiger partial charge in [0.2, 0.25) is 0 Å². The molecule has 3 nitrogen and oxygen atoms in total. The van der Waals surface area contributed by atoms with E-state index in [1.165, 1.54) is 0 Å². The lowest BCUT2D eigenvalue weighted by molar-refractivity contribution is 0.412. The van der Waals surface area contributed by atoms with Crippen LogP contribution in [0.3, 0.4) is 0 Å². The molecule has 2 N–H and O–H groups in total. The molecule has 1 heterocycles. The van der Waals surface area contributed by atoms with E-state index in [-0.39, 0.29) is 0 Å². The van der Waals surface area contributed by atoms with Crippen LogP contribution in [0.25, 0.3) is 11.3 Å². The minimum absolute atomic E-state index is 0.687. The molecule has 0 saturated heterocycles. The summed E-state index contributed by atoms with van der Waals surface area (Å²) >= 11 is 0. The average molecular weight is 214 g/mol. The highest BCUT2D eigenvalue weighted by Crippen LogP contribution is 2.27. The number of nitrogen functional groups attached to an aromatic ring is 1. The van der Waals surface area contributed by atoms with E-state index in [0.717, 1.165) is 22.6 Å². The van der Waals surface area contributed by atoms with E-state index in [0.29, 0.717) is 5.69 Å². The summed E-state index contributed by atoms with van der Waals surface area (Å²) in [4.78, 5) is 4.28. The van der Waals surface area contributed by atoms with Crippen LogP contribution in [0.1, 0.15) is 5.56 Å². The number of ether oxygens (including phenoxy) is 1. The van der Waals surface area contributed by atoms with Gasteiger partial charge in [0.1, 0.15) is 5.75 Å². The number of nitrogens with zero attached hydrogens (tertiary/aromatic N) is 1. The molecule has 2 aromatic rings. The van der Waals surface area contributed by atoms with Crippen LogP contribution in [-0.4, -0.2) is 12.1 Å². The van der Waals surface area contributed by atoms with Crippen molar-refractivity contribution in [1.29, 1.82) is 0 Å². The van der Waals surface area contributed by atoms with Gasteiger partial charge in [-0.3, -0.25) is 4.98 Å². The van der Waals surface area contributed by atoms with Crippen LogP contribution in [0.2, 0.25) is 0 Å². The molecule has 0 saturated carbocycles. The Bertz CT molecular complexity index is 509. The van der Waals surface area contributed by atoms with E-state index in [9.17, 15) is 0 Å². The molecular weight excluding hydrogens is 200 g/mol. The molecule has 82 valence electrons. The number of hydrogen-bond donors (Lipinski definition) is 1. The van der Waals surface area contributed by atoms with Crippen molar-refractivity contribution < 1.29 is 4.74 Å². The zero-order valence-corrected chi connectivity index (χ0v) is 9.40. The minimum atomic E-state index is 0.687. The molecule has 16 heavy (non-hydrogen) atoms. The standard InChI is InChI=1S/C13H14N2O/c1-9-8-10(5-6-12(9)16-2)13-11(14)4-3-7-15-13/h3-8H,14H2,1-2H3. The third-order valence-electron chi connectivity index (χ3n) is 2.51. The number of aromatic nitrogens is 1.